The highest BCUT2D eigenvalue weighted by molar-refractivity contribution is 7.80. The van der Waals surface area contributed by atoms with Crippen LogP contribution >= 0.6 is 12.2 Å². The number of anilines is 2. The van der Waals surface area contributed by atoms with Crippen molar-refractivity contribution in [2.45, 2.75) is 6.18 Å². The number of thiocarbonyl (C=S) groups is 1. The predicted molar refractivity (Wildman–Crippen MR) is 95.2 cm³/mol. The van der Waals surface area contributed by atoms with Crippen LogP contribution in [0.15, 0.2) is 66.7 Å². The number of benzene rings is 3. The molecule has 0 unspecified atom stereocenters. The Bertz CT molecular complexity index is 885. The number of halogens is 3. The Hall–Kier alpha value is -2.60. The highest BCUT2D eigenvalue weighted by atomic mass is 32.1. The minimum Gasteiger partial charge on any atom is -0.332 e. The van der Waals surface area contributed by atoms with Crippen LogP contribution in [0.3, 0.4) is 0 Å². The summed E-state index contributed by atoms with van der Waals surface area (Å²) in [6, 6.07) is 18.6. The minimum absolute atomic E-state index is 0.0808. The van der Waals surface area contributed by atoms with Crippen LogP contribution in [0.1, 0.15) is 5.56 Å². The van der Waals surface area contributed by atoms with Crippen LogP contribution < -0.4 is 10.6 Å². The van der Waals surface area contributed by atoms with Crippen LogP contribution in [0.4, 0.5) is 24.5 Å². The second-order valence-corrected chi connectivity index (χ2v) is 5.56. The third-order valence-electron chi connectivity index (χ3n) is 3.52. The molecule has 0 aliphatic heterocycles. The molecule has 3 aromatic rings. The molecule has 0 aliphatic rings. The van der Waals surface area contributed by atoms with E-state index in [0.717, 1.165) is 22.5 Å². The smallest absolute Gasteiger partial charge is 0.332 e. The van der Waals surface area contributed by atoms with Crippen molar-refractivity contribution in [3.8, 4) is 0 Å². The standard InChI is InChI=1S/C18H13F3N2S/c19-18(20,21)14-9-3-4-10-16(14)23-17(24)22-15-11-5-7-12-6-1-2-8-13(12)15/h1-11H,(H2,22,23,24). The van der Waals surface area contributed by atoms with E-state index in [1.165, 1.54) is 18.2 Å². The molecule has 2 nitrogen and oxygen atoms in total. The molecule has 2 N–H and O–H groups in total. The van der Waals surface area contributed by atoms with Gasteiger partial charge in [0.1, 0.15) is 0 Å². The number of rotatable bonds is 2. The zero-order valence-corrected chi connectivity index (χ0v) is 13.2. The van der Waals surface area contributed by atoms with E-state index in [0.29, 0.717) is 0 Å². The van der Waals surface area contributed by atoms with Crippen molar-refractivity contribution < 1.29 is 13.2 Å². The lowest BCUT2D eigenvalue weighted by Crippen LogP contribution is -2.21. The topological polar surface area (TPSA) is 24.1 Å². The van der Waals surface area contributed by atoms with Gasteiger partial charge in [0.2, 0.25) is 0 Å². The summed E-state index contributed by atoms with van der Waals surface area (Å²) in [5.74, 6) is 0. The van der Waals surface area contributed by atoms with E-state index in [1.807, 2.05) is 42.5 Å². The third kappa shape index (κ3) is 3.49. The van der Waals surface area contributed by atoms with Gasteiger partial charge in [-0.2, -0.15) is 13.2 Å². The SMILES string of the molecule is FC(F)(F)c1ccccc1NC(=S)Nc1cccc2ccccc12. The number of para-hydroxylation sites is 1. The van der Waals surface area contributed by atoms with Crippen molar-refractivity contribution in [2.75, 3.05) is 10.6 Å². The van der Waals surface area contributed by atoms with Gasteiger partial charge in [0.15, 0.2) is 5.11 Å². The molecule has 0 amide bonds. The summed E-state index contributed by atoms with van der Waals surface area (Å²) < 4.78 is 39.1. The molecule has 6 heteroatoms. The number of alkyl halides is 3. The molecular weight excluding hydrogens is 333 g/mol. The molecular formula is C18H13F3N2S. The molecule has 0 fully saturated rings. The Morgan fingerprint density at radius 2 is 1.33 bits per heavy atom. The van der Waals surface area contributed by atoms with Gasteiger partial charge in [0, 0.05) is 11.1 Å². The summed E-state index contributed by atoms with van der Waals surface area (Å²) in [4.78, 5) is 0. The first-order valence-corrected chi connectivity index (χ1v) is 7.58. The van der Waals surface area contributed by atoms with E-state index < -0.39 is 11.7 Å². The highest BCUT2D eigenvalue weighted by Crippen LogP contribution is 2.34. The van der Waals surface area contributed by atoms with Crippen molar-refractivity contribution in [1.82, 2.24) is 0 Å². The van der Waals surface area contributed by atoms with E-state index in [-0.39, 0.29) is 10.8 Å². The van der Waals surface area contributed by atoms with Gasteiger partial charge in [-0.05, 0) is 35.8 Å². The summed E-state index contributed by atoms with van der Waals surface area (Å²) >= 11 is 5.17. The highest BCUT2D eigenvalue weighted by Gasteiger charge is 2.33. The molecule has 3 rings (SSSR count). The number of nitrogens with one attached hydrogen (secondary N) is 2. The van der Waals surface area contributed by atoms with Crippen molar-refractivity contribution in [3.63, 3.8) is 0 Å². The molecule has 0 atom stereocenters. The van der Waals surface area contributed by atoms with Crippen LogP contribution in [0.5, 0.6) is 0 Å². The average molecular weight is 346 g/mol. The summed E-state index contributed by atoms with van der Waals surface area (Å²) in [5, 5.41) is 7.65. The second-order valence-electron chi connectivity index (χ2n) is 5.15. The molecule has 0 heterocycles. The minimum atomic E-state index is -4.45. The lowest BCUT2D eigenvalue weighted by molar-refractivity contribution is -0.136. The molecule has 0 radical (unpaired) electrons. The van der Waals surface area contributed by atoms with Crippen LogP contribution in [-0.2, 0) is 6.18 Å². The van der Waals surface area contributed by atoms with Crippen LogP contribution in [0, 0.1) is 0 Å². The normalized spacial score (nSPS) is 11.3. The zero-order valence-electron chi connectivity index (χ0n) is 12.4. The van der Waals surface area contributed by atoms with E-state index >= 15 is 0 Å². The number of hydrogen-bond acceptors (Lipinski definition) is 1. The van der Waals surface area contributed by atoms with Gasteiger partial charge in [-0.1, -0.05) is 48.5 Å². The largest absolute Gasteiger partial charge is 0.418 e. The molecule has 24 heavy (non-hydrogen) atoms. The summed E-state index contributed by atoms with van der Waals surface area (Å²) in [5.41, 5.74) is -0.107. The fraction of sp³-hybridized carbons (Fsp3) is 0.0556. The molecule has 0 spiro atoms. The number of hydrogen-bond donors (Lipinski definition) is 2. The summed E-state index contributed by atoms with van der Waals surface area (Å²) in [6.07, 6.45) is -4.45. The van der Waals surface area contributed by atoms with E-state index in [2.05, 4.69) is 10.6 Å². The van der Waals surface area contributed by atoms with Crippen molar-refractivity contribution in [2.24, 2.45) is 0 Å². The lowest BCUT2D eigenvalue weighted by Gasteiger charge is -2.16. The van der Waals surface area contributed by atoms with Crippen molar-refractivity contribution >= 4 is 39.5 Å². The van der Waals surface area contributed by atoms with Crippen molar-refractivity contribution in [1.29, 1.82) is 0 Å². The molecule has 122 valence electrons. The van der Waals surface area contributed by atoms with E-state index in [1.54, 1.807) is 0 Å². The Kier molecular flexibility index (Phi) is 4.40. The predicted octanol–water partition coefficient (Wildman–Crippen LogP) is 5.67. The van der Waals surface area contributed by atoms with Crippen LogP contribution in [-0.4, -0.2) is 5.11 Å². The first kappa shape index (κ1) is 16.3. The summed E-state index contributed by atoms with van der Waals surface area (Å²) in [6.45, 7) is 0. The summed E-state index contributed by atoms with van der Waals surface area (Å²) in [7, 11) is 0. The van der Waals surface area contributed by atoms with Gasteiger partial charge in [-0.15, -0.1) is 0 Å². The quantitative estimate of drug-likeness (QED) is 0.585. The molecule has 3 aromatic carbocycles. The van der Waals surface area contributed by atoms with Gasteiger partial charge in [0.05, 0.1) is 11.3 Å². The maximum Gasteiger partial charge on any atom is 0.418 e. The Morgan fingerprint density at radius 1 is 0.750 bits per heavy atom. The van der Waals surface area contributed by atoms with Gasteiger partial charge >= 0.3 is 6.18 Å². The Morgan fingerprint density at radius 3 is 2.12 bits per heavy atom. The van der Waals surface area contributed by atoms with Crippen LogP contribution in [0.25, 0.3) is 10.8 Å². The van der Waals surface area contributed by atoms with E-state index in [9.17, 15) is 13.2 Å². The lowest BCUT2D eigenvalue weighted by atomic mass is 10.1. The van der Waals surface area contributed by atoms with Gasteiger partial charge < -0.3 is 10.6 Å². The van der Waals surface area contributed by atoms with Crippen molar-refractivity contribution in [3.05, 3.63) is 72.3 Å². The molecule has 0 bridgehead atoms. The van der Waals surface area contributed by atoms with Gasteiger partial charge in [-0.3, -0.25) is 0 Å². The fourth-order valence-electron chi connectivity index (χ4n) is 2.45. The van der Waals surface area contributed by atoms with Gasteiger partial charge in [-0.25, -0.2) is 0 Å². The average Bonchev–Trinajstić information content (AvgIpc) is 2.54. The molecule has 0 saturated heterocycles. The van der Waals surface area contributed by atoms with E-state index in [4.69, 9.17) is 12.2 Å². The first-order valence-electron chi connectivity index (χ1n) is 7.17. The molecule has 0 saturated carbocycles. The molecule has 0 aromatic heterocycles. The third-order valence-corrected chi connectivity index (χ3v) is 3.72. The monoisotopic (exact) mass is 346 g/mol. The zero-order chi connectivity index (χ0) is 17.2. The van der Waals surface area contributed by atoms with Crippen LogP contribution in [0.2, 0.25) is 0 Å². The first-order chi connectivity index (χ1) is 11.4. The maximum absolute atomic E-state index is 13.0. The number of fused-ring (bicyclic) bond motifs is 1. The Labute approximate surface area is 142 Å². The van der Waals surface area contributed by atoms with Gasteiger partial charge in [0.25, 0.3) is 0 Å². The molecule has 0 aliphatic carbocycles. The second kappa shape index (κ2) is 6.49. The fourth-order valence-corrected chi connectivity index (χ4v) is 2.67. The maximum atomic E-state index is 13.0. The Balaban J connectivity index is 1.84.